The third-order valence-electron chi connectivity index (χ3n) is 3.58. The van der Waals surface area contributed by atoms with E-state index in [1.54, 1.807) is 16.6 Å². The summed E-state index contributed by atoms with van der Waals surface area (Å²) < 4.78 is 27.0. The molecule has 0 spiro atoms. The molecule has 0 bridgehead atoms. The molecule has 0 amide bonds. The van der Waals surface area contributed by atoms with Crippen molar-refractivity contribution in [2.45, 2.75) is 36.6 Å². The molecule has 1 N–H and O–H groups in total. The Morgan fingerprint density at radius 3 is 2.76 bits per heavy atom. The molecule has 1 aromatic rings. The Morgan fingerprint density at radius 1 is 1.38 bits per heavy atom. The molecular weight excluding hydrogens is 306 g/mol. The summed E-state index contributed by atoms with van der Waals surface area (Å²) in [6.07, 6.45) is 2.48. The minimum absolute atomic E-state index is 0.133. The Hall–Kier alpha value is -0.630. The van der Waals surface area contributed by atoms with Gasteiger partial charge in [0, 0.05) is 36.3 Å². The number of thioether (sulfide) groups is 1. The molecule has 7 heteroatoms. The van der Waals surface area contributed by atoms with Crippen LogP contribution >= 0.6 is 11.8 Å². The lowest BCUT2D eigenvalue weighted by atomic mass is 10.1. The molecule has 1 fully saturated rings. The third kappa shape index (κ3) is 4.18. The normalized spacial score (nSPS) is 20.1. The molecule has 1 saturated heterocycles. The van der Waals surface area contributed by atoms with E-state index in [0.29, 0.717) is 19.6 Å². The first-order valence-electron chi connectivity index (χ1n) is 7.09. The van der Waals surface area contributed by atoms with Crippen molar-refractivity contribution >= 4 is 21.8 Å². The number of aromatic nitrogens is 1. The SMILES string of the molecule is CNCc1ccc(S(=O)(=O)N2CCSC(C)(C)CC2)nc1. The Labute approximate surface area is 131 Å². The molecule has 0 unspecified atom stereocenters. The first kappa shape index (κ1) is 16.7. The van der Waals surface area contributed by atoms with Gasteiger partial charge in [-0.15, -0.1) is 0 Å². The average Bonchev–Trinajstić information content (AvgIpc) is 2.61. The van der Waals surface area contributed by atoms with Crippen molar-refractivity contribution < 1.29 is 8.42 Å². The fraction of sp³-hybridized carbons (Fsp3) is 0.643. The lowest BCUT2D eigenvalue weighted by Crippen LogP contribution is -2.34. The summed E-state index contributed by atoms with van der Waals surface area (Å²) in [7, 11) is -1.63. The second-order valence-corrected chi connectivity index (χ2v) is 9.48. The van der Waals surface area contributed by atoms with Gasteiger partial charge < -0.3 is 5.32 Å². The first-order chi connectivity index (χ1) is 9.85. The van der Waals surface area contributed by atoms with Crippen LogP contribution in [0.3, 0.4) is 0 Å². The Balaban J connectivity index is 2.17. The average molecular weight is 329 g/mol. The topological polar surface area (TPSA) is 62.3 Å². The van der Waals surface area contributed by atoms with Crippen molar-refractivity contribution in [3.63, 3.8) is 0 Å². The van der Waals surface area contributed by atoms with Crippen molar-refractivity contribution in [1.29, 1.82) is 0 Å². The smallest absolute Gasteiger partial charge is 0.260 e. The molecule has 21 heavy (non-hydrogen) atoms. The van der Waals surface area contributed by atoms with E-state index in [0.717, 1.165) is 17.7 Å². The Morgan fingerprint density at radius 2 is 2.14 bits per heavy atom. The number of hydrogen-bond donors (Lipinski definition) is 1. The summed E-state index contributed by atoms with van der Waals surface area (Å²) in [4.78, 5) is 4.13. The monoisotopic (exact) mass is 329 g/mol. The molecule has 0 aliphatic carbocycles. The van der Waals surface area contributed by atoms with Gasteiger partial charge >= 0.3 is 0 Å². The highest BCUT2D eigenvalue weighted by molar-refractivity contribution is 8.00. The summed E-state index contributed by atoms with van der Waals surface area (Å²) in [6, 6.07) is 3.41. The lowest BCUT2D eigenvalue weighted by molar-refractivity contribution is 0.413. The van der Waals surface area contributed by atoms with Crippen molar-refractivity contribution in [2.75, 3.05) is 25.9 Å². The highest BCUT2D eigenvalue weighted by atomic mass is 32.2. The molecule has 1 aliphatic rings. The van der Waals surface area contributed by atoms with E-state index in [9.17, 15) is 8.42 Å². The molecule has 2 heterocycles. The quantitative estimate of drug-likeness (QED) is 0.911. The minimum Gasteiger partial charge on any atom is -0.316 e. The summed E-state index contributed by atoms with van der Waals surface area (Å²) in [5, 5.41) is 3.17. The van der Waals surface area contributed by atoms with Crippen LogP contribution in [0.4, 0.5) is 0 Å². The van der Waals surface area contributed by atoms with E-state index < -0.39 is 10.0 Å². The number of rotatable bonds is 4. The van der Waals surface area contributed by atoms with Crippen LogP contribution in [0.1, 0.15) is 25.8 Å². The molecule has 0 aromatic carbocycles. The molecule has 0 saturated carbocycles. The number of nitrogens with one attached hydrogen (secondary N) is 1. The zero-order valence-electron chi connectivity index (χ0n) is 12.8. The maximum atomic E-state index is 12.7. The second kappa shape index (κ2) is 6.64. The van der Waals surface area contributed by atoms with Crippen LogP contribution in [-0.2, 0) is 16.6 Å². The molecule has 0 atom stereocenters. The predicted octanol–water partition coefficient (Wildman–Crippen LogP) is 1.71. The largest absolute Gasteiger partial charge is 0.316 e. The van der Waals surface area contributed by atoms with Crippen LogP contribution in [0.25, 0.3) is 0 Å². The van der Waals surface area contributed by atoms with Crippen molar-refractivity contribution in [3.05, 3.63) is 23.9 Å². The third-order valence-corrected chi connectivity index (χ3v) is 6.77. The van der Waals surface area contributed by atoms with Gasteiger partial charge in [-0.1, -0.05) is 19.9 Å². The minimum atomic E-state index is -3.48. The molecule has 1 aromatic heterocycles. The number of hydrogen-bond acceptors (Lipinski definition) is 5. The summed E-state index contributed by atoms with van der Waals surface area (Å²) >= 11 is 1.83. The Bertz CT molecular complexity index is 570. The molecule has 2 rings (SSSR count). The van der Waals surface area contributed by atoms with Gasteiger partial charge in [-0.05, 0) is 25.1 Å². The van der Waals surface area contributed by atoms with E-state index in [-0.39, 0.29) is 9.77 Å². The molecule has 5 nitrogen and oxygen atoms in total. The van der Waals surface area contributed by atoms with Crippen molar-refractivity contribution in [2.24, 2.45) is 0 Å². The molecule has 118 valence electrons. The number of pyridine rings is 1. The van der Waals surface area contributed by atoms with Gasteiger partial charge in [0.1, 0.15) is 0 Å². The molecule has 0 radical (unpaired) electrons. The van der Waals surface area contributed by atoms with Crippen LogP contribution in [0, 0.1) is 0 Å². The van der Waals surface area contributed by atoms with Gasteiger partial charge in [-0.2, -0.15) is 16.1 Å². The van der Waals surface area contributed by atoms with Gasteiger partial charge in [0.2, 0.25) is 0 Å². The van der Waals surface area contributed by atoms with Gasteiger partial charge in [0.05, 0.1) is 0 Å². The fourth-order valence-corrected chi connectivity index (χ4v) is 4.82. The second-order valence-electron chi connectivity index (χ2n) is 5.80. The lowest BCUT2D eigenvalue weighted by Gasteiger charge is -2.22. The molecule has 1 aliphatic heterocycles. The number of nitrogens with zero attached hydrogens (tertiary/aromatic N) is 2. The van der Waals surface area contributed by atoms with Crippen molar-refractivity contribution in [3.8, 4) is 0 Å². The van der Waals surface area contributed by atoms with Gasteiger partial charge in [-0.3, -0.25) is 0 Å². The van der Waals surface area contributed by atoms with Crippen LogP contribution in [0.15, 0.2) is 23.4 Å². The zero-order chi connectivity index (χ0) is 15.5. The zero-order valence-corrected chi connectivity index (χ0v) is 14.4. The standard InChI is InChI=1S/C14H23N3O2S2/c1-14(2)6-7-17(8-9-20-14)21(18,19)13-5-4-12(10-15-3)11-16-13/h4-5,11,15H,6-10H2,1-3H3. The summed E-state index contributed by atoms with van der Waals surface area (Å²) in [6.45, 7) is 6.12. The van der Waals surface area contributed by atoms with Gasteiger partial charge in [0.25, 0.3) is 10.0 Å². The summed E-state index contributed by atoms with van der Waals surface area (Å²) in [5.41, 5.74) is 0.976. The van der Waals surface area contributed by atoms with E-state index in [4.69, 9.17) is 0 Å². The van der Waals surface area contributed by atoms with E-state index in [1.807, 2.05) is 24.9 Å². The van der Waals surface area contributed by atoms with E-state index in [1.165, 1.54) is 0 Å². The van der Waals surface area contributed by atoms with Crippen LogP contribution in [0.5, 0.6) is 0 Å². The highest BCUT2D eigenvalue weighted by Gasteiger charge is 2.31. The maximum Gasteiger partial charge on any atom is 0.260 e. The van der Waals surface area contributed by atoms with Crippen molar-refractivity contribution in [1.82, 2.24) is 14.6 Å². The number of sulfonamides is 1. The fourth-order valence-electron chi connectivity index (χ4n) is 2.25. The van der Waals surface area contributed by atoms with Crippen LogP contribution in [0.2, 0.25) is 0 Å². The molecular formula is C14H23N3O2S2. The van der Waals surface area contributed by atoms with Gasteiger partial charge in [0.15, 0.2) is 5.03 Å². The predicted molar refractivity (Wildman–Crippen MR) is 86.9 cm³/mol. The Kier molecular flexibility index (Phi) is 5.29. The first-order valence-corrected chi connectivity index (χ1v) is 9.51. The van der Waals surface area contributed by atoms with E-state index >= 15 is 0 Å². The van der Waals surface area contributed by atoms with E-state index in [2.05, 4.69) is 24.1 Å². The van der Waals surface area contributed by atoms with Crippen LogP contribution in [-0.4, -0.2) is 48.3 Å². The van der Waals surface area contributed by atoms with Crippen LogP contribution < -0.4 is 5.32 Å². The maximum absolute atomic E-state index is 12.7. The summed E-state index contributed by atoms with van der Waals surface area (Å²) in [5.74, 6) is 0.823. The van der Waals surface area contributed by atoms with Gasteiger partial charge in [-0.25, -0.2) is 13.4 Å². The highest BCUT2D eigenvalue weighted by Crippen LogP contribution is 2.32.